The third kappa shape index (κ3) is 4.38. The summed E-state index contributed by atoms with van der Waals surface area (Å²) in [6.45, 7) is 5.39. The summed E-state index contributed by atoms with van der Waals surface area (Å²) in [6, 6.07) is 19.4. The molecule has 0 amide bonds. The van der Waals surface area contributed by atoms with Crippen LogP contribution in [0.2, 0.25) is 0 Å². The third-order valence-corrected chi connectivity index (χ3v) is 6.32. The highest BCUT2D eigenvalue weighted by molar-refractivity contribution is 7.93. The highest BCUT2D eigenvalue weighted by Gasteiger charge is 2.33. The van der Waals surface area contributed by atoms with Gasteiger partial charge in [0.1, 0.15) is 5.84 Å². The molecule has 0 aliphatic heterocycles. The summed E-state index contributed by atoms with van der Waals surface area (Å²) in [6.07, 6.45) is 0. The number of nitrogens with zero attached hydrogens (tertiary/aromatic N) is 3. The Morgan fingerprint density at radius 3 is 2.00 bits per heavy atom. The number of anilines is 1. The SMILES string of the molecule is CC(=Nc1ccc(C)cc1)N(c1ccc(C)cc1)S(=O)(=O)c1ccccc1[N+](=O)[O-]. The molecule has 0 aromatic heterocycles. The summed E-state index contributed by atoms with van der Waals surface area (Å²) in [5.41, 5.74) is 2.43. The maximum atomic E-state index is 13.6. The van der Waals surface area contributed by atoms with Crippen LogP contribution in [0.1, 0.15) is 18.1 Å². The van der Waals surface area contributed by atoms with Crippen LogP contribution in [0.25, 0.3) is 0 Å². The first-order chi connectivity index (χ1) is 14.2. The minimum atomic E-state index is -4.31. The molecule has 3 rings (SSSR count). The van der Waals surface area contributed by atoms with Crippen LogP contribution in [-0.2, 0) is 10.0 Å². The summed E-state index contributed by atoms with van der Waals surface area (Å²) >= 11 is 0. The Hall–Kier alpha value is -3.52. The number of amidine groups is 1. The van der Waals surface area contributed by atoms with Gasteiger partial charge in [-0.25, -0.2) is 17.7 Å². The van der Waals surface area contributed by atoms with E-state index in [-0.39, 0.29) is 5.84 Å². The van der Waals surface area contributed by atoms with Crippen molar-refractivity contribution >= 4 is 32.9 Å². The fourth-order valence-corrected chi connectivity index (χ4v) is 4.60. The monoisotopic (exact) mass is 423 g/mol. The summed E-state index contributed by atoms with van der Waals surface area (Å²) in [7, 11) is -4.31. The first-order valence-electron chi connectivity index (χ1n) is 9.17. The number of nitro groups is 1. The van der Waals surface area contributed by atoms with Crippen LogP contribution in [0.3, 0.4) is 0 Å². The van der Waals surface area contributed by atoms with Gasteiger partial charge in [0, 0.05) is 6.07 Å². The quantitative estimate of drug-likeness (QED) is 0.245. The van der Waals surface area contributed by atoms with E-state index >= 15 is 0 Å². The van der Waals surface area contributed by atoms with Gasteiger partial charge in [0.25, 0.3) is 15.7 Å². The number of hydrogen-bond acceptors (Lipinski definition) is 5. The topological polar surface area (TPSA) is 92.9 Å². The van der Waals surface area contributed by atoms with Crippen LogP contribution >= 0.6 is 0 Å². The van der Waals surface area contributed by atoms with Crippen molar-refractivity contribution in [2.24, 2.45) is 4.99 Å². The molecule has 0 aliphatic rings. The van der Waals surface area contributed by atoms with Gasteiger partial charge in [-0.05, 0) is 51.1 Å². The van der Waals surface area contributed by atoms with Crippen molar-refractivity contribution in [2.75, 3.05) is 4.31 Å². The van der Waals surface area contributed by atoms with E-state index in [1.54, 1.807) is 43.3 Å². The Bertz CT molecular complexity index is 1200. The third-order valence-electron chi connectivity index (χ3n) is 4.47. The normalized spacial score (nSPS) is 11.9. The van der Waals surface area contributed by atoms with Crippen molar-refractivity contribution in [3.05, 3.63) is 94.0 Å². The zero-order chi connectivity index (χ0) is 21.9. The van der Waals surface area contributed by atoms with Gasteiger partial charge >= 0.3 is 0 Å². The lowest BCUT2D eigenvalue weighted by Crippen LogP contribution is -2.35. The number of sulfonamides is 1. The molecule has 0 heterocycles. The molecule has 0 spiro atoms. The Kier molecular flexibility index (Phi) is 5.98. The lowest BCUT2D eigenvalue weighted by molar-refractivity contribution is -0.387. The van der Waals surface area contributed by atoms with Gasteiger partial charge in [0.2, 0.25) is 0 Å². The van der Waals surface area contributed by atoms with Crippen LogP contribution in [0.4, 0.5) is 17.1 Å². The largest absolute Gasteiger partial charge is 0.289 e. The molecule has 30 heavy (non-hydrogen) atoms. The number of nitro benzene ring substituents is 1. The lowest BCUT2D eigenvalue weighted by Gasteiger charge is -2.24. The predicted molar refractivity (Wildman–Crippen MR) is 118 cm³/mol. The standard InChI is InChI=1S/C22H21N3O4S/c1-16-8-12-19(13-9-16)23-18(3)24(20-14-10-17(2)11-15-20)30(28,29)22-7-5-4-6-21(22)25(26)27/h4-15H,1-3H3. The molecule has 0 aliphatic carbocycles. The number of para-hydroxylation sites is 1. The highest BCUT2D eigenvalue weighted by Crippen LogP contribution is 2.31. The van der Waals surface area contributed by atoms with E-state index in [0.717, 1.165) is 15.4 Å². The zero-order valence-corrected chi connectivity index (χ0v) is 17.6. The van der Waals surface area contributed by atoms with E-state index in [1.165, 1.54) is 24.3 Å². The van der Waals surface area contributed by atoms with E-state index < -0.39 is 25.5 Å². The first kappa shape index (κ1) is 21.2. The van der Waals surface area contributed by atoms with Crippen molar-refractivity contribution in [1.29, 1.82) is 0 Å². The molecule has 0 bridgehead atoms. The Labute approximate surface area is 175 Å². The molecular weight excluding hydrogens is 402 g/mol. The second-order valence-corrected chi connectivity index (χ2v) is 8.58. The maximum absolute atomic E-state index is 13.6. The lowest BCUT2D eigenvalue weighted by atomic mass is 10.2. The number of benzene rings is 3. The molecule has 3 aromatic rings. The second kappa shape index (κ2) is 8.46. The molecule has 0 saturated carbocycles. The molecular formula is C22H21N3O4S. The van der Waals surface area contributed by atoms with E-state index in [2.05, 4.69) is 4.99 Å². The van der Waals surface area contributed by atoms with Crippen LogP contribution in [-0.4, -0.2) is 19.2 Å². The Morgan fingerprint density at radius 1 is 0.900 bits per heavy atom. The molecule has 0 atom stereocenters. The van der Waals surface area contributed by atoms with Gasteiger partial charge in [0.05, 0.1) is 16.3 Å². The van der Waals surface area contributed by atoms with Crippen molar-refractivity contribution in [1.82, 2.24) is 0 Å². The van der Waals surface area contributed by atoms with Crippen molar-refractivity contribution in [3.63, 3.8) is 0 Å². The maximum Gasteiger partial charge on any atom is 0.289 e. The van der Waals surface area contributed by atoms with Gasteiger partial charge in [-0.3, -0.25) is 10.1 Å². The fourth-order valence-electron chi connectivity index (χ4n) is 2.96. The smallest absolute Gasteiger partial charge is 0.258 e. The van der Waals surface area contributed by atoms with E-state index in [9.17, 15) is 18.5 Å². The van der Waals surface area contributed by atoms with Crippen LogP contribution in [0, 0.1) is 24.0 Å². The number of rotatable bonds is 5. The van der Waals surface area contributed by atoms with Crippen molar-refractivity contribution in [2.45, 2.75) is 25.7 Å². The molecule has 0 fully saturated rings. The molecule has 0 radical (unpaired) electrons. The van der Waals surface area contributed by atoms with Crippen LogP contribution in [0.15, 0.2) is 82.7 Å². The minimum Gasteiger partial charge on any atom is -0.258 e. The van der Waals surface area contributed by atoms with Crippen molar-refractivity contribution in [3.8, 4) is 0 Å². The highest BCUT2D eigenvalue weighted by atomic mass is 32.2. The molecule has 0 unspecified atom stereocenters. The summed E-state index contributed by atoms with van der Waals surface area (Å²) in [4.78, 5) is 14.8. The second-order valence-electron chi connectivity index (χ2n) is 6.82. The average Bonchev–Trinajstić information content (AvgIpc) is 2.71. The van der Waals surface area contributed by atoms with Gasteiger partial charge in [-0.1, -0.05) is 47.5 Å². The zero-order valence-electron chi connectivity index (χ0n) is 16.8. The number of aliphatic imine (C=N–C) groups is 1. The van der Waals surface area contributed by atoms with E-state index in [0.29, 0.717) is 11.4 Å². The molecule has 154 valence electrons. The Balaban J connectivity index is 2.20. The molecule has 7 nitrogen and oxygen atoms in total. The van der Waals surface area contributed by atoms with E-state index in [4.69, 9.17) is 0 Å². The summed E-state index contributed by atoms with van der Waals surface area (Å²) in [5, 5.41) is 11.5. The fraction of sp³-hybridized carbons (Fsp3) is 0.136. The van der Waals surface area contributed by atoms with Gasteiger partial charge < -0.3 is 0 Å². The number of aryl methyl sites for hydroxylation is 2. The minimum absolute atomic E-state index is 0.167. The molecule has 0 saturated heterocycles. The van der Waals surface area contributed by atoms with Crippen LogP contribution in [0.5, 0.6) is 0 Å². The summed E-state index contributed by atoms with van der Waals surface area (Å²) < 4.78 is 28.2. The molecule has 0 N–H and O–H groups in total. The molecule has 3 aromatic carbocycles. The first-order valence-corrected chi connectivity index (χ1v) is 10.6. The average molecular weight is 423 g/mol. The summed E-state index contributed by atoms with van der Waals surface area (Å²) in [5.74, 6) is 0.167. The van der Waals surface area contributed by atoms with E-state index in [1.807, 2.05) is 26.0 Å². The molecule has 8 heteroatoms. The van der Waals surface area contributed by atoms with Gasteiger partial charge in [-0.15, -0.1) is 0 Å². The van der Waals surface area contributed by atoms with Gasteiger partial charge in [0.15, 0.2) is 4.90 Å². The Morgan fingerprint density at radius 2 is 1.43 bits per heavy atom. The van der Waals surface area contributed by atoms with Crippen LogP contribution < -0.4 is 4.31 Å². The van der Waals surface area contributed by atoms with Gasteiger partial charge in [-0.2, -0.15) is 0 Å². The predicted octanol–water partition coefficient (Wildman–Crippen LogP) is 5.16. The van der Waals surface area contributed by atoms with Crippen molar-refractivity contribution < 1.29 is 13.3 Å². The number of hydrogen-bond donors (Lipinski definition) is 0.